The van der Waals surface area contributed by atoms with E-state index >= 15 is 0 Å². The number of aromatic nitrogens is 1. The van der Waals surface area contributed by atoms with E-state index in [1.165, 1.54) is 5.56 Å². The summed E-state index contributed by atoms with van der Waals surface area (Å²) in [5, 5.41) is 3.07. The fraction of sp³-hybridized carbons (Fsp3) is 0.400. The van der Waals surface area contributed by atoms with E-state index in [0.29, 0.717) is 18.4 Å². The summed E-state index contributed by atoms with van der Waals surface area (Å²) in [5.74, 6) is 1.87. The van der Waals surface area contributed by atoms with Gasteiger partial charge in [0.05, 0.1) is 23.2 Å². The van der Waals surface area contributed by atoms with Crippen molar-refractivity contribution in [2.24, 2.45) is 0 Å². The molecule has 20 heavy (non-hydrogen) atoms. The molecule has 2 aromatic rings. The second kappa shape index (κ2) is 7.43. The number of nitrogens with zero attached hydrogens (tertiary/aromatic N) is 1. The summed E-state index contributed by atoms with van der Waals surface area (Å²) < 4.78 is 7.00. The number of thiazole rings is 1. The molecular weight excluding hydrogens is 358 g/mol. The minimum Gasteiger partial charge on any atom is -0.493 e. The Morgan fingerprint density at radius 3 is 2.85 bits per heavy atom. The van der Waals surface area contributed by atoms with E-state index in [4.69, 9.17) is 16.3 Å². The molecule has 0 spiro atoms. The Balaban J connectivity index is 1.97. The minimum atomic E-state index is 0.435. The van der Waals surface area contributed by atoms with Crippen LogP contribution < -0.4 is 4.74 Å². The van der Waals surface area contributed by atoms with Gasteiger partial charge in [0.15, 0.2) is 0 Å². The Bertz CT molecular complexity index is 571. The molecule has 1 aromatic carbocycles. The minimum absolute atomic E-state index is 0.435. The Morgan fingerprint density at radius 2 is 2.20 bits per heavy atom. The average Bonchev–Trinajstić information content (AvgIpc) is 2.88. The molecule has 0 atom stereocenters. The summed E-state index contributed by atoms with van der Waals surface area (Å²) in [6, 6.07) is 6.15. The van der Waals surface area contributed by atoms with Crippen LogP contribution in [0.4, 0.5) is 0 Å². The predicted octanol–water partition coefficient (Wildman–Crippen LogP) is 5.39. The lowest BCUT2D eigenvalue weighted by molar-refractivity contribution is 0.317. The van der Waals surface area contributed by atoms with Crippen molar-refractivity contribution in [3.05, 3.63) is 44.3 Å². The van der Waals surface area contributed by atoms with Gasteiger partial charge >= 0.3 is 0 Å². The number of alkyl halides is 1. The van der Waals surface area contributed by atoms with Gasteiger partial charge in [0, 0.05) is 16.3 Å². The molecule has 2 nitrogen and oxygen atoms in total. The van der Waals surface area contributed by atoms with Gasteiger partial charge in [0.25, 0.3) is 0 Å². The number of benzene rings is 1. The maximum atomic E-state index is 5.91. The van der Waals surface area contributed by atoms with Gasteiger partial charge in [-0.05, 0) is 29.7 Å². The van der Waals surface area contributed by atoms with E-state index in [2.05, 4.69) is 40.8 Å². The van der Waals surface area contributed by atoms with Crippen LogP contribution in [0, 0.1) is 0 Å². The Hall–Kier alpha value is -0.580. The highest BCUT2D eigenvalue weighted by atomic mass is 79.9. The van der Waals surface area contributed by atoms with Gasteiger partial charge in [-0.15, -0.1) is 22.9 Å². The molecule has 0 bridgehead atoms. The fourth-order valence-electron chi connectivity index (χ4n) is 1.88. The third-order valence-corrected chi connectivity index (χ3v) is 4.63. The largest absolute Gasteiger partial charge is 0.493 e. The molecule has 0 aliphatic rings. The summed E-state index contributed by atoms with van der Waals surface area (Å²) in [5.41, 5.74) is 2.16. The number of hydrogen-bond donors (Lipinski definition) is 0. The van der Waals surface area contributed by atoms with E-state index < -0.39 is 0 Å². The Kier molecular flexibility index (Phi) is 5.87. The van der Waals surface area contributed by atoms with Crippen LogP contribution in [0.3, 0.4) is 0 Å². The van der Waals surface area contributed by atoms with Crippen molar-refractivity contribution >= 4 is 38.9 Å². The molecule has 0 aliphatic heterocycles. The lowest BCUT2D eigenvalue weighted by Crippen LogP contribution is -2.04. The van der Waals surface area contributed by atoms with Crippen molar-refractivity contribution < 1.29 is 4.74 Å². The van der Waals surface area contributed by atoms with Crippen molar-refractivity contribution in [1.82, 2.24) is 4.98 Å². The summed E-state index contributed by atoms with van der Waals surface area (Å²) in [7, 11) is 0. The van der Waals surface area contributed by atoms with Gasteiger partial charge in [0.1, 0.15) is 5.75 Å². The standard InChI is InChI=1S/C15H17BrClNOS/c1-10(2)13-7-11(16)3-4-14(13)19-6-5-15-18-12(8-17)9-20-15/h3-4,7,9-10H,5-6,8H2,1-2H3. The van der Waals surface area contributed by atoms with Gasteiger partial charge < -0.3 is 4.74 Å². The number of ether oxygens (including phenoxy) is 1. The zero-order chi connectivity index (χ0) is 14.5. The maximum Gasteiger partial charge on any atom is 0.122 e. The third-order valence-electron chi connectivity index (χ3n) is 2.90. The quantitative estimate of drug-likeness (QED) is 0.632. The molecule has 5 heteroatoms. The van der Waals surface area contributed by atoms with Gasteiger partial charge in [-0.1, -0.05) is 29.8 Å². The van der Waals surface area contributed by atoms with Gasteiger partial charge in [-0.3, -0.25) is 0 Å². The molecule has 0 N–H and O–H groups in total. The molecular formula is C15H17BrClNOS. The normalized spacial score (nSPS) is 11.1. The van der Waals surface area contributed by atoms with Crippen LogP contribution >= 0.6 is 38.9 Å². The van der Waals surface area contributed by atoms with Crippen LogP contribution in [0.15, 0.2) is 28.1 Å². The second-order valence-electron chi connectivity index (χ2n) is 4.80. The Morgan fingerprint density at radius 1 is 1.40 bits per heavy atom. The third kappa shape index (κ3) is 4.21. The van der Waals surface area contributed by atoms with Crippen molar-refractivity contribution in [1.29, 1.82) is 0 Å². The molecule has 0 aliphatic carbocycles. The molecule has 2 rings (SSSR count). The summed E-state index contributed by atoms with van der Waals surface area (Å²) in [6.07, 6.45) is 0.815. The van der Waals surface area contributed by atoms with Gasteiger partial charge in [0.2, 0.25) is 0 Å². The lowest BCUT2D eigenvalue weighted by Gasteiger charge is -2.14. The van der Waals surface area contributed by atoms with E-state index in [0.717, 1.165) is 27.3 Å². The molecule has 1 aromatic heterocycles. The first kappa shape index (κ1) is 15.8. The van der Waals surface area contributed by atoms with Crippen LogP contribution in [-0.4, -0.2) is 11.6 Å². The summed E-state index contributed by atoms with van der Waals surface area (Å²) in [4.78, 5) is 4.43. The first-order valence-electron chi connectivity index (χ1n) is 6.51. The second-order valence-corrected chi connectivity index (χ2v) is 6.93. The highest BCUT2D eigenvalue weighted by Crippen LogP contribution is 2.29. The first-order valence-corrected chi connectivity index (χ1v) is 8.72. The highest BCUT2D eigenvalue weighted by Gasteiger charge is 2.09. The topological polar surface area (TPSA) is 22.1 Å². The zero-order valence-electron chi connectivity index (χ0n) is 11.5. The average molecular weight is 375 g/mol. The van der Waals surface area contributed by atoms with E-state index in [1.54, 1.807) is 11.3 Å². The maximum absolute atomic E-state index is 5.91. The van der Waals surface area contributed by atoms with Crippen LogP contribution in [0.1, 0.15) is 36.0 Å². The molecule has 0 radical (unpaired) electrons. The monoisotopic (exact) mass is 373 g/mol. The van der Waals surface area contributed by atoms with Crippen LogP contribution in [0.25, 0.3) is 0 Å². The van der Waals surface area contributed by atoms with Gasteiger partial charge in [-0.2, -0.15) is 0 Å². The first-order chi connectivity index (χ1) is 9.60. The van der Waals surface area contributed by atoms with Gasteiger partial charge in [-0.25, -0.2) is 4.98 Å². The molecule has 1 heterocycles. The van der Waals surface area contributed by atoms with E-state index in [-0.39, 0.29) is 0 Å². The number of hydrogen-bond acceptors (Lipinski definition) is 3. The molecule has 0 fully saturated rings. The van der Waals surface area contributed by atoms with Crippen LogP contribution in [0.2, 0.25) is 0 Å². The van der Waals surface area contributed by atoms with E-state index in [9.17, 15) is 0 Å². The van der Waals surface area contributed by atoms with Crippen molar-refractivity contribution in [3.8, 4) is 5.75 Å². The van der Waals surface area contributed by atoms with Crippen LogP contribution in [-0.2, 0) is 12.3 Å². The SMILES string of the molecule is CC(C)c1cc(Br)ccc1OCCc1nc(CCl)cs1. The zero-order valence-corrected chi connectivity index (χ0v) is 14.7. The predicted molar refractivity (Wildman–Crippen MR) is 89.1 cm³/mol. The summed E-state index contributed by atoms with van der Waals surface area (Å²) >= 11 is 10.9. The molecule has 0 amide bonds. The Labute approximate surface area is 137 Å². The van der Waals surface area contributed by atoms with Crippen molar-refractivity contribution in [2.75, 3.05) is 6.61 Å². The molecule has 108 valence electrons. The fourth-order valence-corrected chi connectivity index (χ4v) is 3.26. The highest BCUT2D eigenvalue weighted by molar-refractivity contribution is 9.10. The molecule has 0 unspecified atom stereocenters. The van der Waals surface area contributed by atoms with Crippen molar-refractivity contribution in [2.45, 2.75) is 32.1 Å². The summed E-state index contributed by atoms with van der Waals surface area (Å²) in [6.45, 7) is 4.97. The smallest absolute Gasteiger partial charge is 0.122 e. The molecule has 0 saturated carbocycles. The van der Waals surface area contributed by atoms with E-state index in [1.807, 2.05) is 17.5 Å². The van der Waals surface area contributed by atoms with Crippen LogP contribution in [0.5, 0.6) is 5.75 Å². The number of rotatable bonds is 6. The lowest BCUT2D eigenvalue weighted by atomic mass is 10.0. The molecule has 0 saturated heterocycles. The van der Waals surface area contributed by atoms with Crippen molar-refractivity contribution in [3.63, 3.8) is 0 Å². The number of halogens is 2.